The molecule has 0 N–H and O–H groups in total. The van der Waals surface area contributed by atoms with Gasteiger partial charge in [-0.25, -0.2) is 4.39 Å². The maximum Gasteiger partial charge on any atom is 0.270 e. The molecule has 0 atom stereocenters. The zero-order valence-electron chi connectivity index (χ0n) is 18.2. The van der Waals surface area contributed by atoms with Crippen LogP contribution in [0, 0.1) is 15.9 Å². The van der Waals surface area contributed by atoms with Crippen LogP contribution in [0.25, 0.3) is 22.0 Å². The van der Waals surface area contributed by atoms with Gasteiger partial charge in [0.05, 0.1) is 21.6 Å². The number of pyridine rings is 1. The van der Waals surface area contributed by atoms with Gasteiger partial charge in [-0.05, 0) is 44.3 Å². The molecule has 1 aliphatic heterocycles. The van der Waals surface area contributed by atoms with Gasteiger partial charge in [-0.1, -0.05) is 0 Å². The van der Waals surface area contributed by atoms with Crippen molar-refractivity contribution in [1.82, 2.24) is 14.4 Å². The van der Waals surface area contributed by atoms with Crippen molar-refractivity contribution in [2.75, 3.05) is 39.8 Å². The molecule has 0 amide bonds. The van der Waals surface area contributed by atoms with E-state index in [9.17, 15) is 24.1 Å². The summed E-state index contributed by atoms with van der Waals surface area (Å²) in [6.45, 7) is 5.04. The average Bonchev–Trinajstić information content (AvgIpc) is 3.08. The van der Waals surface area contributed by atoms with Crippen molar-refractivity contribution in [3.63, 3.8) is 0 Å². The average molecular weight is 450 g/mol. The second-order valence-electron chi connectivity index (χ2n) is 8.68. The number of likely N-dealkylation sites (N-methyl/N-ethyl adjacent to an activating group) is 1. The van der Waals surface area contributed by atoms with Crippen molar-refractivity contribution in [2.45, 2.75) is 13.0 Å². The Kier molecular flexibility index (Phi) is 5.30. The molecule has 2 aliphatic rings. The van der Waals surface area contributed by atoms with Crippen LogP contribution in [0.4, 0.5) is 10.1 Å². The number of nitro benzene ring substituents is 1. The summed E-state index contributed by atoms with van der Waals surface area (Å²) >= 11 is 0. The van der Waals surface area contributed by atoms with Gasteiger partial charge in [0, 0.05) is 61.4 Å². The molecule has 0 spiro atoms. The standard InChI is InChI=1S/C24H23FN4O4/c1-26-9-11-27(12-10-26)7-2-8-28-22-18-5-3-15(25)13-19(18)23(30)21(22)17-6-4-16(29(32)33)14-20(17)24(28)31/h3-6,13-14H,2,7-12H2,1H3. The minimum absolute atomic E-state index is 0.129. The van der Waals surface area contributed by atoms with E-state index in [0.717, 1.165) is 32.7 Å². The number of fused-ring (bicyclic) bond motifs is 5. The number of rotatable bonds is 5. The molecule has 3 aromatic rings. The first-order valence-corrected chi connectivity index (χ1v) is 11.0. The van der Waals surface area contributed by atoms with Crippen LogP contribution in [-0.2, 0) is 6.54 Å². The molecule has 5 rings (SSSR count). The lowest BCUT2D eigenvalue weighted by Gasteiger charge is -2.32. The fourth-order valence-corrected chi connectivity index (χ4v) is 4.84. The summed E-state index contributed by atoms with van der Waals surface area (Å²) in [7, 11) is 2.09. The summed E-state index contributed by atoms with van der Waals surface area (Å²) < 4.78 is 15.5. The highest BCUT2D eigenvalue weighted by Crippen LogP contribution is 2.40. The van der Waals surface area contributed by atoms with Crippen molar-refractivity contribution in [3.8, 4) is 11.3 Å². The van der Waals surface area contributed by atoms with Crippen LogP contribution in [-0.4, -0.2) is 64.8 Å². The summed E-state index contributed by atoms with van der Waals surface area (Å²) in [6, 6.07) is 7.96. The number of benzene rings is 2. The third kappa shape index (κ3) is 3.63. The number of nitro groups is 1. The van der Waals surface area contributed by atoms with Gasteiger partial charge in [-0.2, -0.15) is 0 Å². The monoisotopic (exact) mass is 450 g/mol. The molecular formula is C24H23FN4O4. The first-order chi connectivity index (χ1) is 15.8. The maximum absolute atomic E-state index is 13.9. The van der Waals surface area contributed by atoms with Gasteiger partial charge in [0.15, 0.2) is 5.78 Å². The second kappa shape index (κ2) is 8.17. The number of piperazine rings is 1. The Hall–Kier alpha value is -3.43. The largest absolute Gasteiger partial charge is 0.307 e. The predicted molar refractivity (Wildman–Crippen MR) is 122 cm³/mol. The smallest absolute Gasteiger partial charge is 0.270 e. The molecule has 0 radical (unpaired) electrons. The quantitative estimate of drug-likeness (QED) is 0.343. The minimum atomic E-state index is -0.560. The number of hydrogen-bond donors (Lipinski definition) is 0. The number of halogens is 1. The third-order valence-corrected chi connectivity index (χ3v) is 6.63. The number of carbonyl (C=O) groups is 1. The lowest BCUT2D eigenvalue weighted by Crippen LogP contribution is -2.44. The zero-order valence-corrected chi connectivity index (χ0v) is 18.2. The highest BCUT2D eigenvalue weighted by molar-refractivity contribution is 6.26. The Labute approximate surface area is 189 Å². The van der Waals surface area contributed by atoms with Crippen LogP contribution in [0.5, 0.6) is 0 Å². The molecule has 0 bridgehead atoms. The number of ketones is 1. The summed E-state index contributed by atoms with van der Waals surface area (Å²) in [6.07, 6.45) is 0.682. The molecule has 8 nitrogen and oxygen atoms in total. The highest BCUT2D eigenvalue weighted by atomic mass is 19.1. The molecule has 2 heterocycles. The van der Waals surface area contributed by atoms with E-state index >= 15 is 0 Å². The molecule has 1 aliphatic carbocycles. The fourth-order valence-electron chi connectivity index (χ4n) is 4.84. The van der Waals surface area contributed by atoms with E-state index in [-0.39, 0.29) is 28.0 Å². The molecule has 2 aromatic carbocycles. The van der Waals surface area contributed by atoms with Crippen LogP contribution in [0.2, 0.25) is 0 Å². The van der Waals surface area contributed by atoms with Crippen LogP contribution < -0.4 is 5.56 Å². The summed E-state index contributed by atoms with van der Waals surface area (Å²) in [5.41, 5.74) is 0.921. The van der Waals surface area contributed by atoms with E-state index in [2.05, 4.69) is 16.8 Å². The van der Waals surface area contributed by atoms with Crippen LogP contribution in [0.15, 0.2) is 41.2 Å². The van der Waals surface area contributed by atoms with E-state index in [1.54, 1.807) is 4.57 Å². The van der Waals surface area contributed by atoms with Gasteiger partial charge < -0.3 is 14.4 Å². The third-order valence-electron chi connectivity index (χ3n) is 6.63. The molecule has 0 unspecified atom stereocenters. The summed E-state index contributed by atoms with van der Waals surface area (Å²) in [5, 5.41) is 11.8. The molecule has 170 valence electrons. The Bertz CT molecular complexity index is 1360. The van der Waals surface area contributed by atoms with E-state index in [4.69, 9.17) is 0 Å². The van der Waals surface area contributed by atoms with Gasteiger partial charge in [-0.15, -0.1) is 0 Å². The maximum atomic E-state index is 13.9. The Morgan fingerprint density at radius 2 is 1.73 bits per heavy atom. The van der Waals surface area contributed by atoms with Crippen molar-refractivity contribution < 1.29 is 14.1 Å². The number of hydrogen-bond acceptors (Lipinski definition) is 6. The predicted octanol–water partition coefficient (Wildman–Crippen LogP) is 2.90. The number of carbonyl (C=O) groups excluding carboxylic acids is 1. The first-order valence-electron chi connectivity index (χ1n) is 11.0. The Morgan fingerprint density at radius 1 is 0.970 bits per heavy atom. The molecule has 0 saturated carbocycles. The van der Waals surface area contributed by atoms with Gasteiger partial charge in [-0.3, -0.25) is 19.7 Å². The van der Waals surface area contributed by atoms with E-state index < -0.39 is 10.7 Å². The van der Waals surface area contributed by atoms with E-state index in [0.29, 0.717) is 35.2 Å². The Morgan fingerprint density at radius 3 is 2.45 bits per heavy atom. The normalized spacial score (nSPS) is 16.2. The summed E-state index contributed by atoms with van der Waals surface area (Å²) in [4.78, 5) is 42.1. The SMILES string of the molecule is CN1CCN(CCCn2c3c(c4ccc([N+](=O)[O-])cc4c2=O)C(=O)c2cc(F)ccc2-3)CC1. The zero-order chi connectivity index (χ0) is 23.3. The van der Waals surface area contributed by atoms with Crippen molar-refractivity contribution in [3.05, 3.63) is 73.8 Å². The minimum Gasteiger partial charge on any atom is -0.307 e. The topological polar surface area (TPSA) is 88.7 Å². The summed E-state index contributed by atoms with van der Waals surface area (Å²) in [5.74, 6) is -0.898. The number of non-ortho nitro benzene ring substituents is 1. The molecule has 9 heteroatoms. The first kappa shape index (κ1) is 21.4. The molecule has 1 fully saturated rings. The van der Waals surface area contributed by atoms with Crippen LogP contribution in [0.1, 0.15) is 22.3 Å². The second-order valence-corrected chi connectivity index (χ2v) is 8.68. The number of nitrogens with zero attached hydrogens (tertiary/aromatic N) is 4. The van der Waals surface area contributed by atoms with Gasteiger partial charge >= 0.3 is 0 Å². The van der Waals surface area contributed by atoms with Crippen LogP contribution in [0.3, 0.4) is 0 Å². The van der Waals surface area contributed by atoms with Crippen molar-refractivity contribution in [2.24, 2.45) is 0 Å². The Balaban J connectivity index is 1.61. The molecule has 1 aromatic heterocycles. The molecule has 33 heavy (non-hydrogen) atoms. The van der Waals surface area contributed by atoms with Gasteiger partial charge in [0.2, 0.25) is 0 Å². The lowest BCUT2D eigenvalue weighted by molar-refractivity contribution is -0.384. The van der Waals surface area contributed by atoms with E-state index in [1.807, 2.05) is 0 Å². The van der Waals surface area contributed by atoms with E-state index in [1.165, 1.54) is 36.4 Å². The van der Waals surface area contributed by atoms with Crippen LogP contribution >= 0.6 is 0 Å². The highest BCUT2D eigenvalue weighted by Gasteiger charge is 2.33. The van der Waals surface area contributed by atoms with Crippen molar-refractivity contribution in [1.29, 1.82) is 0 Å². The molecule has 1 saturated heterocycles. The molecular weight excluding hydrogens is 427 g/mol. The van der Waals surface area contributed by atoms with Gasteiger partial charge in [0.1, 0.15) is 5.82 Å². The van der Waals surface area contributed by atoms with Crippen molar-refractivity contribution >= 4 is 22.2 Å². The fraction of sp³-hybridized carbons (Fsp3) is 0.333. The number of aromatic nitrogens is 1. The van der Waals surface area contributed by atoms with Gasteiger partial charge in [0.25, 0.3) is 11.2 Å². The lowest BCUT2D eigenvalue weighted by atomic mass is 10.0.